The molecule has 4 rings (SSSR count). The van der Waals surface area contributed by atoms with E-state index in [9.17, 15) is 9.18 Å². The third-order valence-electron chi connectivity index (χ3n) is 5.46. The van der Waals surface area contributed by atoms with Crippen LogP contribution in [-0.4, -0.2) is 35.3 Å². The van der Waals surface area contributed by atoms with Crippen LogP contribution in [-0.2, 0) is 4.74 Å². The molecule has 2 aliphatic heterocycles. The van der Waals surface area contributed by atoms with Gasteiger partial charge in [0, 0.05) is 11.6 Å². The normalized spacial score (nSPS) is 24.6. The summed E-state index contributed by atoms with van der Waals surface area (Å²) in [4.78, 5) is 14.5. The predicted molar refractivity (Wildman–Crippen MR) is 102 cm³/mol. The number of ether oxygens (including phenoxy) is 2. The number of halogens is 1. The molecule has 4 nitrogen and oxygen atoms in total. The van der Waals surface area contributed by atoms with Crippen LogP contribution in [0.5, 0.6) is 5.75 Å². The Morgan fingerprint density at radius 1 is 1.22 bits per heavy atom. The number of hydrogen-bond donors (Lipinski definition) is 0. The molecule has 27 heavy (non-hydrogen) atoms. The van der Waals surface area contributed by atoms with Crippen LogP contribution in [0.15, 0.2) is 24.3 Å². The van der Waals surface area contributed by atoms with Gasteiger partial charge in [-0.2, -0.15) is 0 Å². The first-order valence-electron chi connectivity index (χ1n) is 9.95. The van der Waals surface area contributed by atoms with E-state index < -0.39 is 5.60 Å². The summed E-state index contributed by atoms with van der Waals surface area (Å²) < 4.78 is 25.5. The summed E-state index contributed by atoms with van der Waals surface area (Å²) in [6, 6.07) is 4.86. The average Bonchev–Trinajstić information content (AvgIpc) is 3.36. The number of carbonyl (C=O) groups is 1. The lowest BCUT2D eigenvalue weighted by atomic mass is 9.94. The second-order valence-electron chi connectivity index (χ2n) is 8.98. The van der Waals surface area contributed by atoms with Crippen molar-refractivity contribution in [3.8, 4) is 5.75 Å². The molecule has 146 valence electrons. The molecule has 1 aromatic carbocycles. The van der Waals surface area contributed by atoms with E-state index >= 15 is 0 Å². The van der Waals surface area contributed by atoms with Crippen molar-refractivity contribution in [2.45, 2.75) is 70.6 Å². The van der Waals surface area contributed by atoms with Crippen molar-refractivity contribution in [2.75, 3.05) is 6.61 Å². The fraction of sp³-hybridized carbons (Fsp3) is 0.591. The largest absolute Gasteiger partial charge is 0.493 e. The Hall–Kier alpha value is -2.04. The maximum absolute atomic E-state index is 13.9. The zero-order chi connectivity index (χ0) is 19.2. The smallest absolute Gasteiger partial charge is 0.411 e. The standard InChI is InChI=1S/C22H28FNO3/c1-22(2,3)27-21(25)24-17-7-8-18(24)11-15(10-17)19-12-16(23)6-9-20(19)26-13-14-4-5-14/h6,9-10,12,14,17-18H,4-5,7-8,11,13H2,1-3H3. The minimum Gasteiger partial charge on any atom is -0.493 e. The number of nitrogens with zero attached hydrogens (tertiary/aromatic N) is 1. The topological polar surface area (TPSA) is 38.8 Å². The number of amides is 1. The van der Waals surface area contributed by atoms with Crippen molar-refractivity contribution >= 4 is 11.7 Å². The molecule has 1 saturated carbocycles. The molecule has 1 aromatic rings. The first-order chi connectivity index (χ1) is 12.8. The van der Waals surface area contributed by atoms with E-state index in [2.05, 4.69) is 6.08 Å². The van der Waals surface area contributed by atoms with Gasteiger partial charge in [-0.25, -0.2) is 9.18 Å². The van der Waals surface area contributed by atoms with Gasteiger partial charge >= 0.3 is 6.09 Å². The van der Waals surface area contributed by atoms with Crippen LogP contribution in [0.4, 0.5) is 9.18 Å². The molecule has 3 aliphatic rings. The van der Waals surface area contributed by atoms with Crippen LogP contribution in [0.25, 0.3) is 5.57 Å². The van der Waals surface area contributed by atoms with Crippen LogP contribution < -0.4 is 4.74 Å². The molecular weight excluding hydrogens is 345 g/mol. The van der Waals surface area contributed by atoms with Crippen LogP contribution >= 0.6 is 0 Å². The maximum Gasteiger partial charge on any atom is 0.411 e. The molecule has 0 spiro atoms. The van der Waals surface area contributed by atoms with E-state index in [0.29, 0.717) is 18.9 Å². The number of carbonyl (C=O) groups excluding carboxylic acids is 1. The molecule has 2 bridgehead atoms. The van der Waals surface area contributed by atoms with Crippen LogP contribution in [0.2, 0.25) is 0 Å². The van der Waals surface area contributed by atoms with Gasteiger partial charge in [-0.1, -0.05) is 6.08 Å². The van der Waals surface area contributed by atoms with Crippen LogP contribution in [0.3, 0.4) is 0 Å². The molecule has 0 aromatic heterocycles. The third kappa shape index (κ3) is 4.12. The van der Waals surface area contributed by atoms with Gasteiger partial charge in [-0.3, -0.25) is 4.90 Å². The Labute approximate surface area is 160 Å². The maximum atomic E-state index is 13.9. The van der Waals surface area contributed by atoms with Crippen molar-refractivity contribution in [1.29, 1.82) is 0 Å². The summed E-state index contributed by atoms with van der Waals surface area (Å²) in [5.41, 5.74) is 1.40. The first kappa shape index (κ1) is 18.3. The summed E-state index contributed by atoms with van der Waals surface area (Å²) in [5, 5.41) is 0. The van der Waals surface area contributed by atoms with Crippen LogP contribution in [0.1, 0.15) is 58.4 Å². The highest BCUT2D eigenvalue weighted by Crippen LogP contribution is 2.42. The molecule has 5 heteroatoms. The number of rotatable bonds is 4. The SMILES string of the molecule is CC(C)(C)OC(=O)N1C2C=C(c3cc(F)ccc3OCC3CC3)CC1CC2. The Balaban J connectivity index is 1.56. The van der Waals surface area contributed by atoms with Crippen molar-refractivity contribution < 1.29 is 18.7 Å². The summed E-state index contributed by atoms with van der Waals surface area (Å²) in [5.74, 6) is 1.13. The molecule has 1 amide bonds. The average molecular weight is 373 g/mol. The molecule has 1 aliphatic carbocycles. The second-order valence-corrected chi connectivity index (χ2v) is 8.98. The Morgan fingerprint density at radius 2 is 2.00 bits per heavy atom. The van der Waals surface area contributed by atoms with Crippen molar-refractivity contribution in [2.24, 2.45) is 5.92 Å². The molecular formula is C22H28FNO3. The highest BCUT2D eigenvalue weighted by molar-refractivity contribution is 5.77. The summed E-state index contributed by atoms with van der Waals surface area (Å²) >= 11 is 0. The van der Waals surface area contributed by atoms with Gasteiger partial charge in [0.1, 0.15) is 17.2 Å². The van der Waals surface area contributed by atoms with Crippen molar-refractivity contribution in [1.82, 2.24) is 4.90 Å². The lowest BCUT2D eigenvalue weighted by Crippen LogP contribution is -2.45. The predicted octanol–water partition coefficient (Wildman–Crippen LogP) is 5.17. The molecule has 2 heterocycles. The molecule has 0 N–H and O–H groups in total. The zero-order valence-electron chi connectivity index (χ0n) is 16.3. The Kier molecular flexibility index (Phi) is 4.65. The van der Waals surface area contributed by atoms with E-state index in [1.54, 1.807) is 12.1 Å². The fourth-order valence-corrected chi connectivity index (χ4v) is 4.00. The lowest BCUT2D eigenvalue weighted by Gasteiger charge is -2.35. The minimum atomic E-state index is -0.507. The van der Waals surface area contributed by atoms with Crippen molar-refractivity contribution in [3.63, 3.8) is 0 Å². The highest BCUT2D eigenvalue weighted by atomic mass is 19.1. The summed E-state index contributed by atoms with van der Waals surface area (Å²) in [6.07, 6.45) is 6.85. The molecule has 2 atom stereocenters. The van der Waals surface area contributed by atoms with Gasteiger partial charge < -0.3 is 9.47 Å². The van der Waals surface area contributed by atoms with E-state index in [-0.39, 0.29) is 24.0 Å². The van der Waals surface area contributed by atoms with Gasteiger partial charge in [0.25, 0.3) is 0 Å². The Morgan fingerprint density at radius 3 is 2.67 bits per heavy atom. The van der Waals surface area contributed by atoms with Gasteiger partial charge in [0.05, 0.1) is 12.6 Å². The molecule has 2 fully saturated rings. The summed E-state index contributed by atoms with van der Waals surface area (Å²) in [7, 11) is 0. The summed E-state index contributed by atoms with van der Waals surface area (Å²) in [6.45, 7) is 6.35. The number of fused-ring (bicyclic) bond motifs is 2. The van der Waals surface area contributed by atoms with E-state index in [4.69, 9.17) is 9.47 Å². The van der Waals surface area contributed by atoms with Crippen molar-refractivity contribution in [3.05, 3.63) is 35.7 Å². The van der Waals surface area contributed by atoms with Gasteiger partial charge in [0.2, 0.25) is 0 Å². The van der Waals surface area contributed by atoms with Gasteiger partial charge in [-0.05, 0) is 82.6 Å². The van der Waals surface area contributed by atoms with E-state index in [1.807, 2.05) is 25.7 Å². The highest BCUT2D eigenvalue weighted by Gasteiger charge is 2.42. The quantitative estimate of drug-likeness (QED) is 0.731. The number of hydrogen-bond acceptors (Lipinski definition) is 3. The van der Waals surface area contributed by atoms with Gasteiger partial charge in [0.15, 0.2) is 0 Å². The molecule has 1 saturated heterocycles. The van der Waals surface area contributed by atoms with Gasteiger partial charge in [-0.15, -0.1) is 0 Å². The second kappa shape index (κ2) is 6.84. The third-order valence-corrected chi connectivity index (χ3v) is 5.46. The molecule has 0 radical (unpaired) electrons. The van der Waals surface area contributed by atoms with E-state index in [1.165, 1.54) is 18.9 Å². The van der Waals surface area contributed by atoms with E-state index in [0.717, 1.165) is 29.7 Å². The Bertz CT molecular complexity index is 763. The van der Waals surface area contributed by atoms with Crippen LogP contribution in [0, 0.1) is 11.7 Å². The zero-order valence-corrected chi connectivity index (χ0v) is 16.3. The number of benzene rings is 1. The first-order valence-corrected chi connectivity index (χ1v) is 9.95. The molecule has 2 unspecified atom stereocenters. The minimum absolute atomic E-state index is 0.00755. The lowest BCUT2D eigenvalue weighted by molar-refractivity contribution is 0.0175. The monoisotopic (exact) mass is 373 g/mol. The fourth-order valence-electron chi connectivity index (χ4n) is 4.00.